The van der Waals surface area contributed by atoms with Crippen molar-refractivity contribution in [1.29, 1.82) is 0 Å². The monoisotopic (exact) mass is 432 g/mol. The van der Waals surface area contributed by atoms with E-state index in [1.165, 1.54) is 11.0 Å². The lowest BCUT2D eigenvalue weighted by Crippen LogP contribution is -2.30. The topological polar surface area (TPSA) is 87.6 Å². The highest BCUT2D eigenvalue weighted by Gasteiger charge is 2.47. The summed E-state index contributed by atoms with van der Waals surface area (Å²) in [5.41, 5.74) is 2.12. The molecule has 5 rings (SSSR count). The molecule has 2 heterocycles. The fourth-order valence-electron chi connectivity index (χ4n) is 4.37. The maximum absolute atomic E-state index is 12.8. The molecule has 31 heavy (non-hydrogen) atoms. The van der Waals surface area contributed by atoms with Gasteiger partial charge in [-0.15, -0.1) is 0 Å². The van der Waals surface area contributed by atoms with E-state index >= 15 is 0 Å². The first-order valence-corrected chi connectivity index (χ1v) is 10.3. The summed E-state index contributed by atoms with van der Waals surface area (Å²) in [6.45, 7) is 0. The van der Waals surface area contributed by atoms with Crippen molar-refractivity contribution >= 4 is 46.0 Å². The van der Waals surface area contributed by atoms with Crippen LogP contribution in [0.15, 0.2) is 60.7 Å². The van der Waals surface area contributed by atoms with E-state index < -0.39 is 5.97 Å². The molecule has 154 valence electrons. The first kappa shape index (κ1) is 19.5. The second kappa shape index (κ2) is 7.32. The molecule has 6 nitrogen and oxygen atoms in total. The van der Waals surface area contributed by atoms with E-state index in [4.69, 9.17) is 11.6 Å². The lowest BCUT2D eigenvalue weighted by molar-refractivity contribution is -0.122. The highest BCUT2D eigenvalue weighted by Crippen LogP contribution is 2.38. The van der Waals surface area contributed by atoms with Crippen LogP contribution in [0, 0.1) is 11.8 Å². The van der Waals surface area contributed by atoms with Gasteiger partial charge in [0, 0.05) is 10.9 Å². The molecule has 7 heteroatoms. The van der Waals surface area contributed by atoms with Crippen molar-refractivity contribution in [3.05, 3.63) is 71.3 Å². The number of imide groups is 1. The number of carboxylic acids is 1. The number of benzene rings is 2. The summed E-state index contributed by atoms with van der Waals surface area (Å²) in [6, 6.07) is 13.4. The summed E-state index contributed by atoms with van der Waals surface area (Å²) >= 11 is 6.25. The number of halogens is 1. The van der Waals surface area contributed by atoms with Gasteiger partial charge in [0.15, 0.2) is 0 Å². The summed E-state index contributed by atoms with van der Waals surface area (Å²) in [4.78, 5) is 43.2. The zero-order chi connectivity index (χ0) is 21.7. The fourth-order valence-corrected chi connectivity index (χ4v) is 4.59. The van der Waals surface area contributed by atoms with Crippen LogP contribution in [-0.4, -0.2) is 27.9 Å². The third-order valence-corrected chi connectivity index (χ3v) is 6.25. The van der Waals surface area contributed by atoms with Crippen LogP contribution in [0.4, 0.5) is 5.69 Å². The predicted molar refractivity (Wildman–Crippen MR) is 117 cm³/mol. The predicted octanol–water partition coefficient (Wildman–Crippen LogP) is 4.71. The average molecular weight is 433 g/mol. The van der Waals surface area contributed by atoms with E-state index in [1.54, 1.807) is 42.5 Å². The molecular formula is C24H17ClN2O4. The van der Waals surface area contributed by atoms with Crippen molar-refractivity contribution in [3.63, 3.8) is 0 Å². The number of pyridine rings is 1. The Labute approximate surface area is 182 Å². The largest absolute Gasteiger partial charge is 0.478 e. The van der Waals surface area contributed by atoms with Gasteiger partial charge in [0.25, 0.3) is 0 Å². The van der Waals surface area contributed by atoms with Gasteiger partial charge >= 0.3 is 5.97 Å². The second-order valence-corrected chi connectivity index (χ2v) is 8.12. The quantitative estimate of drug-likeness (QED) is 0.478. The van der Waals surface area contributed by atoms with Crippen LogP contribution < -0.4 is 4.90 Å². The molecule has 1 aromatic heterocycles. The number of nitrogens with zero attached hydrogens (tertiary/aromatic N) is 2. The molecule has 2 amide bonds. The van der Waals surface area contributed by atoms with Crippen LogP contribution in [0.5, 0.6) is 0 Å². The fraction of sp³-hybridized carbons (Fsp3) is 0.167. The molecule has 0 bridgehead atoms. The molecule has 0 radical (unpaired) electrons. The zero-order valence-electron chi connectivity index (χ0n) is 16.3. The number of allylic oxidation sites excluding steroid dienone is 2. The van der Waals surface area contributed by atoms with Crippen molar-refractivity contribution in [3.8, 4) is 11.3 Å². The third-order valence-electron chi connectivity index (χ3n) is 5.95. The van der Waals surface area contributed by atoms with Crippen molar-refractivity contribution in [2.45, 2.75) is 12.8 Å². The Hall–Kier alpha value is -3.51. The number of aromatic nitrogens is 1. The van der Waals surface area contributed by atoms with Crippen LogP contribution in [0.3, 0.4) is 0 Å². The number of carbonyl (C=O) groups excluding carboxylic acids is 2. The Bertz CT molecular complexity index is 1260. The summed E-state index contributed by atoms with van der Waals surface area (Å²) in [7, 11) is 0. The number of amides is 2. The van der Waals surface area contributed by atoms with Crippen molar-refractivity contribution in [1.82, 2.24) is 4.98 Å². The molecule has 2 atom stereocenters. The summed E-state index contributed by atoms with van der Waals surface area (Å²) in [6.07, 6.45) is 5.08. The molecule has 1 saturated heterocycles. The van der Waals surface area contributed by atoms with Crippen LogP contribution in [0.1, 0.15) is 23.2 Å². The van der Waals surface area contributed by atoms with Gasteiger partial charge in [-0.2, -0.15) is 0 Å². The highest BCUT2D eigenvalue weighted by molar-refractivity contribution is 6.35. The molecule has 2 unspecified atom stereocenters. The SMILES string of the molecule is O=C(O)c1cc(-c2ccc(N3C(=O)C4CC=CCC4C3=O)cc2)nc2c(Cl)cccc12. The van der Waals surface area contributed by atoms with Gasteiger partial charge in [0.1, 0.15) is 0 Å². The van der Waals surface area contributed by atoms with E-state index in [-0.39, 0.29) is 29.2 Å². The minimum atomic E-state index is -1.07. The van der Waals surface area contributed by atoms with E-state index in [0.717, 1.165) is 0 Å². The maximum Gasteiger partial charge on any atom is 0.336 e. The summed E-state index contributed by atoms with van der Waals surface area (Å²) < 4.78 is 0. The van der Waals surface area contributed by atoms with Gasteiger partial charge in [0.2, 0.25) is 11.8 Å². The molecule has 1 aliphatic carbocycles. The van der Waals surface area contributed by atoms with Crippen LogP contribution in [0.2, 0.25) is 5.02 Å². The van der Waals surface area contributed by atoms with Gasteiger partial charge in [-0.25, -0.2) is 9.78 Å². The van der Waals surface area contributed by atoms with Gasteiger partial charge in [-0.05, 0) is 37.1 Å². The van der Waals surface area contributed by atoms with Crippen LogP contribution >= 0.6 is 11.6 Å². The first-order chi connectivity index (χ1) is 15.0. The van der Waals surface area contributed by atoms with Crippen molar-refractivity contribution in [2.75, 3.05) is 4.90 Å². The smallest absolute Gasteiger partial charge is 0.336 e. The minimum absolute atomic E-state index is 0.105. The molecule has 2 aliphatic rings. The standard InChI is InChI=1S/C24H17ClN2O4/c25-19-7-3-6-15-18(24(30)31)12-20(26-21(15)19)13-8-10-14(11-9-13)27-22(28)16-4-1-2-5-17(16)23(27)29/h1-3,6-12,16-17H,4-5H2,(H,30,31). The Morgan fingerprint density at radius 1 is 1.00 bits per heavy atom. The van der Waals surface area contributed by atoms with Crippen molar-refractivity contribution < 1.29 is 19.5 Å². The minimum Gasteiger partial charge on any atom is -0.478 e. The van der Waals surface area contributed by atoms with Gasteiger partial charge in [-0.1, -0.05) is 48.0 Å². The summed E-state index contributed by atoms with van der Waals surface area (Å²) in [5, 5.41) is 10.5. The number of aromatic carboxylic acids is 1. The van der Waals surface area contributed by atoms with E-state index in [2.05, 4.69) is 4.98 Å². The number of carboxylic acid groups (broad SMARTS) is 1. The number of hydrogen-bond donors (Lipinski definition) is 1. The first-order valence-electron chi connectivity index (χ1n) is 9.91. The third kappa shape index (κ3) is 3.11. The number of hydrogen-bond acceptors (Lipinski definition) is 4. The van der Waals surface area contributed by atoms with E-state index in [1.807, 2.05) is 12.2 Å². The molecular weight excluding hydrogens is 416 g/mol. The molecule has 1 aliphatic heterocycles. The van der Waals surface area contributed by atoms with Crippen LogP contribution in [-0.2, 0) is 9.59 Å². The average Bonchev–Trinajstić information content (AvgIpc) is 3.04. The van der Waals surface area contributed by atoms with Crippen molar-refractivity contribution in [2.24, 2.45) is 11.8 Å². The Kier molecular flexibility index (Phi) is 4.59. The lowest BCUT2D eigenvalue weighted by atomic mass is 9.85. The van der Waals surface area contributed by atoms with Gasteiger partial charge < -0.3 is 5.11 Å². The number of carbonyl (C=O) groups is 3. The Morgan fingerprint density at radius 3 is 2.26 bits per heavy atom. The lowest BCUT2D eigenvalue weighted by Gasteiger charge is -2.15. The highest BCUT2D eigenvalue weighted by atomic mass is 35.5. The van der Waals surface area contributed by atoms with Gasteiger partial charge in [-0.3, -0.25) is 14.5 Å². The summed E-state index contributed by atoms with van der Waals surface area (Å²) in [5.74, 6) is -2.00. The maximum atomic E-state index is 12.8. The normalized spacial score (nSPS) is 20.4. The second-order valence-electron chi connectivity index (χ2n) is 7.71. The Balaban J connectivity index is 1.53. The number of para-hydroxylation sites is 1. The number of fused-ring (bicyclic) bond motifs is 2. The Morgan fingerprint density at radius 2 is 1.65 bits per heavy atom. The van der Waals surface area contributed by atoms with E-state index in [9.17, 15) is 19.5 Å². The number of anilines is 1. The molecule has 0 saturated carbocycles. The molecule has 3 aromatic rings. The van der Waals surface area contributed by atoms with Crippen LogP contribution in [0.25, 0.3) is 22.2 Å². The molecule has 1 fully saturated rings. The molecule has 1 N–H and O–H groups in total. The molecule has 0 spiro atoms. The van der Waals surface area contributed by atoms with E-state index in [0.29, 0.717) is 45.7 Å². The molecule has 2 aromatic carbocycles. The van der Waals surface area contributed by atoms with Gasteiger partial charge in [0.05, 0.1) is 39.3 Å². The number of rotatable bonds is 3. The zero-order valence-corrected chi connectivity index (χ0v) is 17.0.